The van der Waals surface area contributed by atoms with Gasteiger partial charge in [0.25, 0.3) is 0 Å². The minimum absolute atomic E-state index is 0.161. The monoisotopic (exact) mass is 424 g/mol. The summed E-state index contributed by atoms with van der Waals surface area (Å²) in [7, 11) is -3.61. The summed E-state index contributed by atoms with van der Waals surface area (Å²) in [6, 6.07) is 8.94. The first kappa shape index (κ1) is 18.9. The van der Waals surface area contributed by atoms with Crippen LogP contribution in [0.25, 0.3) is 22.4 Å². The highest BCUT2D eigenvalue weighted by Crippen LogP contribution is 2.31. The molecule has 0 bridgehead atoms. The Bertz CT molecular complexity index is 1300. The first-order valence-corrected chi connectivity index (χ1v) is 11.2. The summed E-state index contributed by atoms with van der Waals surface area (Å²) >= 11 is 0. The zero-order valence-corrected chi connectivity index (χ0v) is 17.1. The Hall–Kier alpha value is -3.11. The molecule has 10 heteroatoms. The average molecular weight is 424 g/mol. The maximum atomic E-state index is 12.9. The number of hydrogen-bond donors (Lipinski definition) is 1. The van der Waals surface area contributed by atoms with E-state index in [0.29, 0.717) is 24.8 Å². The van der Waals surface area contributed by atoms with Gasteiger partial charge in [0.05, 0.1) is 22.5 Å². The molecule has 1 N–H and O–H groups in total. The van der Waals surface area contributed by atoms with Crippen LogP contribution in [-0.4, -0.2) is 50.9 Å². The number of aryl methyl sites for hydroxylation is 1. The molecule has 9 nitrogen and oxygen atoms in total. The second kappa shape index (κ2) is 7.29. The van der Waals surface area contributed by atoms with E-state index in [9.17, 15) is 8.42 Å². The van der Waals surface area contributed by atoms with Gasteiger partial charge in [-0.25, -0.2) is 13.4 Å². The van der Waals surface area contributed by atoms with Crippen molar-refractivity contribution in [1.82, 2.24) is 29.4 Å². The number of benzene rings is 1. The average Bonchev–Trinajstić information content (AvgIpc) is 3.40. The van der Waals surface area contributed by atoms with Gasteiger partial charge < -0.3 is 9.51 Å². The molecule has 1 unspecified atom stereocenters. The SMILES string of the molecule is Cc1nc2c(-c3noc(C4CCCN(S(=O)(=O)c5cccnc5)C4)n3)cccc2[nH]1. The zero-order valence-electron chi connectivity index (χ0n) is 16.3. The summed E-state index contributed by atoms with van der Waals surface area (Å²) in [6.07, 6.45) is 4.43. The lowest BCUT2D eigenvalue weighted by molar-refractivity contribution is 0.265. The first-order valence-electron chi connectivity index (χ1n) is 9.72. The van der Waals surface area contributed by atoms with Gasteiger partial charge >= 0.3 is 0 Å². The summed E-state index contributed by atoms with van der Waals surface area (Å²) < 4.78 is 32.9. The molecule has 1 aromatic carbocycles. The van der Waals surface area contributed by atoms with E-state index in [1.54, 1.807) is 18.3 Å². The number of aromatic nitrogens is 5. The fraction of sp³-hybridized carbons (Fsp3) is 0.300. The third kappa shape index (κ3) is 3.27. The lowest BCUT2D eigenvalue weighted by Crippen LogP contribution is -2.39. The lowest BCUT2D eigenvalue weighted by atomic mass is 10.00. The van der Waals surface area contributed by atoms with E-state index in [2.05, 4.69) is 25.1 Å². The van der Waals surface area contributed by atoms with Crippen LogP contribution in [0.4, 0.5) is 0 Å². The number of hydrogen-bond acceptors (Lipinski definition) is 7. The van der Waals surface area contributed by atoms with Crippen molar-refractivity contribution >= 4 is 21.1 Å². The number of para-hydroxylation sites is 1. The molecule has 0 spiro atoms. The highest BCUT2D eigenvalue weighted by Gasteiger charge is 2.33. The van der Waals surface area contributed by atoms with Gasteiger partial charge in [-0.2, -0.15) is 9.29 Å². The minimum atomic E-state index is -3.61. The molecule has 1 atom stereocenters. The second-order valence-corrected chi connectivity index (χ2v) is 9.31. The number of piperidine rings is 1. The van der Waals surface area contributed by atoms with Gasteiger partial charge in [-0.3, -0.25) is 4.98 Å². The van der Waals surface area contributed by atoms with E-state index in [1.807, 2.05) is 25.1 Å². The van der Waals surface area contributed by atoms with Crippen molar-refractivity contribution in [3.63, 3.8) is 0 Å². The fourth-order valence-corrected chi connectivity index (χ4v) is 5.35. The number of aromatic amines is 1. The molecule has 1 aliphatic rings. The summed E-state index contributed by atoms with van der Waals surface area (Å²) in [4.78, 5) is 16.4. The third-order valence-electron chi connectivity index (χ3n) is 5.32. The number of sulfonamides is 1. The van der Waals surface area contributed by atoms with E-state index in [4.69, 9.17) is 4.52 Å². The summed E-state index contributed by atoms with van der Waals surface area (Å²) in [6.45, 7) is 2.65. The van der Waals surface area contributed by atoms with Gasteiger partial charge in [0.2, 0.25) is 21.7 Å². The molecule has 0 aliphatic carbocycles. The molecule has 0 radical (unpaired) electrons. The Morgan fingerprint density at radius 3 is 2.93 bits per heavy atom. The maximum absolute atomic E-state index is 12.9. The smallest absolute Gasteiger partial charge is 0.244 e. The van der Waals surface area contributed by atoms with E-state index in [0.717, 1.165) is 35.3 Å². The van der Waals surface area contributed by atoms with Crippen molar-refractivity contribution in [3.8, 4) is 11.4 Å². The summed E-state index contributed by atoms with van der Waals surface area (Å²) in [5, 5.41) is 4.15. The molecule has 0 saturated carbocycles. The molecule has 30 heavy (non-hydrogen) atoms. The van der Waals surface area contributed by atoms with Crippen LogP contribution in [0, 0.1) is 6.92 Å². The normalized spacial score (nSPS) is 18.1. The quantitative estimate of drug-likeness (QED) is 0.535. The summed E-state index contributed by atoms with van der Waals surface area (Å²) in [5.41, 5.74) is 2.47. The molecule has 4 aromatic rings. The van der Waals surface area contributed by atoms with Crippen LogP contribution in [0.5, 0.6) is 0 Å². The molecular weight excluding hydrogens is 404 g/mol. The molecule has 1 saturated heterocycles. The Morgan fingerprint density at radius 2 is 2.10 bits per heavy atom. The standard InChI is InChI=1S/C20H20N6O3S/c1-13-22-17-8-2-7-16(18(17)23-13)19-24-20(29-25-19)14-5-4-10-26(12-14)30(27,28)15-6-3-9-21-11-15/h2-3,6-9,11,14H,4-5,10,12H2,1H3,(H,22,23). The van der Waals surface area contributed by atoms with Gasteiger partial charge in [0, 0.05) is 25.5 Å². The lowest BCUT2D eigenvalue weighted by Gasteiger charge is -2.30. The van der Waals surface area contributed by atoms with Gasteiger partial charge in [-0.05, 0) is 44.0 Å². The number of nitrogens with zero attached hydrogens (tertiary/aromatic N) is 5. The van der Waals surface area contributed by atoms with Crippen molar-refractivity contribution in [2.75, 3.05) is 13.1 Å². The van der Waals surface area contributed by atoms with Crippen LogP contribution in [0.2, 0.25) is 0 Å². The first-order chi connectivity index (χ1) is 14.5. The molecule has 1 fully saturated rings. The van der Waals surface area contributed by atoms with E-state index in [1.165, 1.54) is 10.5 Å². The van der Waals surface area contributed by atoms with Gasteiger partial charge in [0.15, 0.2) is 0 Å². The van der Waals surface area contributed by atoms with E-state index >= 15 is 0 Å². The molecular formula is C20H20N6O3S. The van der Waals surface area contributed by atoms with E-state index < -0.39 is 10.0 Å². The van der Waals surface area contributed by atoms with Crippen LogP contribution in [0.1, 0.15) is 30.5 Å². The van der Waals surface area contributed by atoms with Crippen LogP contribution >= 0.6 is 0 Å². The zero-order chi connectivity index (χ0) is 20.7. The van der Waals surface area contributed by atoms with Crippen LogP contribution in [0.15, 0.2) is 52.1 Å². The number of H-pyrrole nitrogens is 1. The van der Waals surface area contributed by atoms with E-state index in [-0.39, 0.29) is 10.8 Å². The molecule has 154 valence electrons. The topological polar surface area (TPSA) is 118 Å². The predicted molar refractivity (Wildman–Crippen MR) is 109 cm³/mol. The fourth-order valence-electron chi connectivity index (χ4n) is 3.86. The van der Waals surface area contributed by atoms with Crippen LogP contribution < -0.4 is 0 Å². The highest BCUT2D eigenvalue weighted by molar-refractivity contribution is 7.89. The van der Waals surface area contributed by atoms with Gasteiger partial charge in [0.1, 0.15) is 10.7 Å². The molecule has 3 aromatic heterocycles. The predicted octanol–water partition coefficient (Wildman–Crippen LogP) is 2.88. The van der Waals surface area contributed by atoms with Crippen molar-refractivity contribution in [3.05, 3.63) is 54.4 Å². The van der Waals surface area contributed by atoms with Gasteiger partial charge in [-0.15, -0.1) is 0 Å². The van der Waals surface area contributed by atoms with Crippen molar-refractivity contribution in [1.29, 1.82) is 0 Å². The third-order valence-corrected chi connectivity index (χ3v) is 7.17. The number of pyridine rings is 1. The number of fused-ring (bicyclic) bond motifs is 1. The summed E-state index contributed by atoms with van der Waals surface area (Å²) in [5.74, 6) is 1.55. The largest absolute Gasteiger partial charge is 0.342 e. The highest BCUT2D eigenvalue weighted by atomic mass is 32.2. The Morgan fingerprint density at radius 1 is 1.20 bits per heavy atom. The van der Waals surface area contributed by atoms with Gasteiger partial charge in [-0.1, -0.05) is 11.2 Å². The minimum Gasteiger partial charge on any atom is -0.342 e. The molecule has 5 rings (SSSR count). The molecule has 4 heterocycles. The van der Waals surface area contributed by atoms with Crippen molar-refractivity contribution in [2.45, 2.75) is 30.6 Å². The van der Waals surface area contributed by atoms with Crippen LogP contribution in [0.3, 0.4) is 0 Å². The molecule has 1 aliphatic heterocycles. The maximum Gasteiger partial charge on any atom is 0.244 e. The second-order valence-electron chi connectivity index (χ2n) is 7.37. The van der Waals surface area contributed by atoms with Crippen LogP contribution in [-0.2, 0) is 10.0 Å². The number of nitrogens with one attached hydrogen (secondary N) is 1. The Balaban J connectivity index is 1.42. The Kier molecular flexibility index (Phi) is 4.59. The Labute approximate surface area is 173 Å². The van der Waals surface area contributed by atoms with Crippen molar-refractivity contribution < 1.29 is 12.9 Å². The molecule has 0 amide bonds. The number of imidazole rings is 1. The number of rotatable bonds is 4. The van der Waals surface area contributed by atoms with Crippen molar-refractivity contribution in [2.24, 2.45) is 0 Å².